The molecule has 0 saturated heterocycles. The fourth-order valence-electron chi connectivity index (χ4n) is 9.05. The number of nitrogens with zero attached hydrogens (tertiary/aromatic N) is 1. The van der Waals surface area contributed by atoms with Crippen molar-refractivity contribution in [2.45, 2.75) is 0 Å². The van der Waals surface area contributed by atoms with Gasteiger partial charge in [0.15, 0.2) is 8.07 Å². The second kappa shape index (κ2) is 16.4. The summed E-state index contributed by atoms with van der Waals surface area (Å²) in [6.45, 7) is 0. The fourth-order valence-corrected chi connectivity index (χ4v) is 13.8. The Labute approximate surface area is 354 Å². The van der Waals surface area contributed by atoms with Crippen LogP contribution in [-0.4, -0.2) is 8.07 Å². The molecule has 10 aromatic rings. The molecule has 10 aromatic carbocycles. The van der Waals surface area contributed by atoms with E-state index in [1.54, 1.807) is 0 Å². The van der Waals surface area contributed by atoms with Crippen LogP contribution in [0.1, 0.15) is 0 Å². The average Bonchev–Trinajstić information content (AvgIpc) is 3.34. The van der Waals surface area contributed by atoms with E-state index in [2.05, 4.69) is 266 Å². The van der Waals surface area contributed by atoms with Crippen LogP contribution in [0.4, 0.5) is 17.1 Å². The van der Waals surface area contributed by atoms with E-state index in [9.17, 15) is 0 Å². The predicted molar refractivity (Wildman–Crippen MR) is 259 cm³/mol. The van der Waals surface area contributed by atoms with Gasteiger partial charge in [-0.1, -0.05) is 224 Å². The van der Waals surface area contributed by atoms with Crippen molar-refractivity contribution in [2.75, 3.05) is 4.90 Å². The highest BCUT2D eigenvalue weighted by Crippen LogP contribution is 2.40. The van der Waals surface area contributed by atoms with Gasteiger partial charge in [-0.3, -0.25) is 0 Å². The second-order valence-corrected chi connectivity index (χ2v) is 19.1. The minimum absolute atomic E-state index is 1.10. The highest BCUT2D eigenvalue weighted by molar-refractivity contribution is 7.19. The number of hydrogen-bond acceptors (Lipinski definition) is 1. The van der Waals surface area contributed by atoms with Crippen LogP contribution in [0.5, 0.6) is 0 Å². The molecule has 0 aliphatic heterocycles. The van der Waals surface area contributed by atoms with E-state index in [1.807, 2.05) is 0 Å². The zero-order valence-electron chi connectivity index (χ0n) is 33.3. The summed E-state index contributed by atoms with van der Waals surface area (Å²) in [5, 5.41) is 7.89. The lowest BCUT2D eigenvalue weighted by molar-refractivity contribution is 1.29. The molecule has 284 valence electrons. The summed E-state index contributed by atoms with van der Waals surface area (Å²) < 4.78 is 0. The molecule has 10 rings (SSSR count). The maximum Gasteiger partial charge on any atom is 0.179 e. The monoisotopic (exact) mass is 781 g/mol. The van der Waals surface area contributed by atoms with E-state index in [4.69, 9.17) is 0 Å². The first-order valence-electron chi connectivity index (χ1n) is 20.7. The Hall–Kier alpha value is -7.52. The first kappa shape index (κ1) is 36.8. The third kappa shape index (κ3) is 6.83. The molecule has 0 atom stereocenters. The summed E-state index contributed by atoms with van der Waals surface area (Å²) in [5.41, 5.74) is 10.6. The Kier molecular flexibility index (Phi) is 10.0. The van der Waals surface area contributed by atoms with Crippen LogP contribution in [0.25, 0.3) is 44.2 Å². The van der Waals surface area contributed by atoms with E-state index in [0.717, 1.165) is 17.1 Å². The molecule has 0 amide bonds. The predicted octanol–water partition coefficient (Wildman–Crippen LogP) is 12.7. The first-order valence-corrected chi connectivity index (χ1v) is 22.7. The minimum atomic E-state index is -2.77. The summed E-state index contributed by atoms with van der Waals surface area (Å²) in [5.74, 6) is 0. The van der Waals surface area contributed by atoms with E-state index >= 15 is 0 Å². The Morgan fingerprint density at radius 2 is 0.617 bits per heavy atom. The van der Waals surface area contributed by atoms with E-state index in [0.29, 0.717) is 0 Å². The van der Waals surface area contributed by atoms with Gasteiger partial charge in [0.25, 0.3) is 0 Å². The van der Waals surface area contributed by atoms with Crippen molar-refractivity contribution in [3.63, 3.8) is 0 Å². The van der Waals surface area contributed by atoms with Gasteiger partial charge in [-0.2, -0.15) is 0 Å². The van der Waals surface area contributed by atoms with Crippen LogP contribution < -0.4 is 25.6 Å². The zero-order chi connectivity index (χ0) is 40.1. The number of benzene rings is 10. The van der Waals surface area contributed by atoms with Crippen molar-refractivity contribution in [1.82, 2.24) is 0 Å². The lowest BCUT2D eigenvalue weighted by atomic mass is 9.91. The molecule has 0 aliphatic rings. The second-order valence-electron chi connectivity index (χ2n) is 15.3. The molecule has 0 bridgehead atoms. The van der Waals surface area contributed by atoms with Crippen molar-refractivity contribution in [1.29, 1.82) is 0 Å². The molecule has 60 heavy (non-hydrogen) atoms. The number of fused-ring (bicyclic) bond motifs is 1. The molecule has 0 saturated carbocycles. The summed E-state index contributed by atoms with van der Waals surface area (Å²) in [4.78, 5) is 2.42. The maximum absolute atomic E-state index is 2.77. The quantitative estimate of drug-likeness (QED) is 0.0987. The highest BCUT2D eigenvalue weighted by atomic mass is 28.3. The molecule has 1 nitrogen and oxygen atoms in total. The topological polar surface area (TPSA) is 3.24 Å². The molecular formula is C58H43NSi. The van der Waals surface area contributed by atoms with Gasteiger partial charge in [-0.05, 0) is 101 Å². The molecule has 0 radical (unpaired) electrons. The molecule has 0 fully saturated rings. The maximum atomic E-state index is 2.45. The third-order valence-corrected chi connectivity index (χ3v) is 16.6. The van der Waals surface area contributed by atoms with Crippen molar-refractivity contribution < 1.29 is 0 Å². The number of anilines is 3. The van der Waals surface area contributed by atoms with Crippen molar-refractivity contribution >= 4 is 56.7 Å². The SMILES string of the molecule is c1ccc(-c2ccc(N(c3ccc(-c4cccc5cccc(-c6ccccc6)c45)cc3)c3cccc([Si](c4ccccc4)(c4ccccc4)c4ccccc4)c3)cc2)cc1. The molecule has 2 heteroatoms. The van der Waals surface area contributed by atoms with Gasteiger partial charge in [0.2, 0.25) is 0 Å². The van der Waals surface area contributed by atoms with Crippen molar-refractivity contribution in [3.05, 3.63) is 261 Å². The Morgan fingerprint density at radius 3 is 1.10 bits per heavy atom. The largest absolute Gasteiger partial charge is 0.311 e. The minimum Gasteiger partial charge on any atom is -0.311 e. The van der Waals surface area contributed by atoms with Crippen molar-refractivity contribution in [3.8, 4) is 33.4 Å². The fraction of sp³-hybridized carbons (Fsp3) is 0. The van der Waals surface area contributed by atoms with E-state index in [-0.39, 0.29) is 0 Å². The zero-order valence-corrected chi connectivity index (χ0v) is 34.3. The van der Waals surface area contributed by atoms with Gasteiger partial charge in [0.1, 0.15) is 0 Å². The van der Waals surface area contributed by atoms with Crippen LogP contribution in [0.3, 0.4) is 0 Å². The van der Waals surface area contributed by atoms with Gasteiger partial charge >= 0.3 is 0 Å². The van der Waals surface area contributed by atoms with Gasteiger partial charge in [-0.25, -0.2) is 0 Å². The van der Waals surface area contributed by atoms with E-state index < -0.39 is 8.07 Å². The smallest absolute Gasteiger partial charge is 0.179 e. The summed E-state index contributed by atoms with van der Waals surface area (Å²) >= 11 is 0. The average molecular weight is 782 g/mol. The molecule has 0 heterocycles. The van der Waals surface area contributed by atoms with Crippen LogP contribution in [0.15, 0.2) is 261 Å². The molecule has 0 aromatic heterocycles. The summed E-state index contributed by atoms with van der Waals surface area (Å²) in [6.07, 6.45) is 0. The molecule has 0 N–H and O–H groups in total. The summed E-state index contributed by atoms with van der Waals surface area (Å²) in [6, 6.07) is 95.6. The number of hydrogen-bond donors (Lipinski definition) is 0. The molecule has 0 aliphatic carbocycles. The van der Waals surface area contributed by atoms with Gasteiger partial charge in [0.05, 0.1) is 0 Å². The molecule has 0 spiro atoms. The van der Waals surface area contributed by atoms with Gasteiger partial charge in [-0.15, -0.1) is 0 Å². The van der Waals surface area contributed by atoms with Crippen LogP contribution in [0.2, 0.25) is 0 Å². The standard InChI is InChI=1S/C58H43NSi/c1-6-19-44(20-7-1)45-35-39-49(40-36-45)59(50-41-37-47(38-42-50)57-34-17-24-48-23-16-33-56(58(48)57)46-21-8-2-9-22-46)51-25-18-32-55(43-51)60(52-26-10-3-11-27-52,53-28-12-4-13-29-53)54-30-14-5-15-31-54/h1-43H. The first-order chi connectivity index (χ1) is 29.8. The normalized spacial score (nSPS) is 11.3. The van der Waals surface area contributed by atoms with Crippen molar-refractivity contribution in [2.24, 2.45) is 0 Å². The van der Waals surface area contributed by atoms with Gasteiger partial charge in [0, 0.05) is 17.1 Å². The third-order valence-electron chi connectivity index (χ3n) is 11.8. The highest BCUT2D eigenvalue weighted by Gasteiger charge is 2.41. The lowest BCUT2D eigenvalue weighted by Crippen LogP contribution is -2.74. The molecule has 0 unspecified atom stereocenters. The molecular weight excluding hydrogens is 739 g/mol. The Morgan fingerprint density at radius 1 is 0.250 bits per heavy atom. The lowest BCUT2D eigenvalue weighted by Gasteiger charge is -2.35. The van der Waals surface area contributed by atoms with Gasteiger partial charge < -0.3 is 4.90 Å². The Balaban J connectivity index is 1.15. The number of rotatable bonds is 10. The van der Waals surface area contributed by atoms with Crippen LogP contribution in [-0.2, 0) is 0 Å². The summed E-state index contributed by atoms with van der Waals surface area (Å²) in [7, 11) is -2.77. The Bertz CT molecular complexity index is 2880. The van der Waals surface area contributed by atoms with E-state index in [1.165, 1.54) is 64.9 Å². The van der Waals surface area contributed by atoms with Crippen LogP contribution >= 0.6 is 0 Å². The van der Waals surface area contributed by atoms with Crippen LogP contribution in [0, 0.1) is 0 Å².